The van der Waals surface area contributed by atoms with Gasteiger partial charge in [-0.1, -0.05) is 38.5 Å². The van der Waals surface area contributed by atoms with Gasteiger partial charge in [-0.2, -0.15) is 0 Å². The van der Waals surface area contributed by atoms with Gasteiger partial charge in [-0.25, -0.2) is 5.48 Å². The summed E-state index contributed by atoms with van der Waals surface area (Å²) in [6, 6.07) is 3.85. The van der Waals surface area contributed by atoms with Crippen LogP contribution >= 0.6 is 0 Å². The van der Waals surface area contributed by atoms with Crippen molar-refractivity contribution in [3.8, 4) is 5.75 Å². The summed E-state index contributed by atoms with van der Waals surface area (Å²) in [5, 5.41) is 18.7. The van der Waals surface area contributed by atoms with Gasteiger partial charge < -0.3 is 10.3 Å². The van der Waals surface area contributed by atoms with Gasteiger partial charge in [0, 0.05) is 12.1 Å². The van der Waals surface area contributed by atoms with E-state index in [2.05, 4.69) is 26.3 Å². The largest absolute Gasteiger partial charge is 0.507 e. The normalized spacial score (nSPS) is 11.8. The van der Waals surface area contributed by atoms with Crippen LogP contribution in [0.25, 0.3) is 0 Å². The first-order valence-corrected chi connectivity index (χ1v) is 5.06. The minimum Gasteiger partial charge on any atom is -0.507 e. The molecule has 0 unspecified atom stereocenters. The smallest absolute Gasteiger partial charge is 0.123 e. The third kappa shape index (κ3) is 2.70. The molecule has 1 aromatic carbocycles. The number of hydrogen-bond donors (Lipinski definition) is 3. The monoisotopic (exact) mass is 209 g/mol. The summed E-state index contributed by atoms with van der Waals surface area (Å²) < 4.78 is 0. The molecular formula is C12H19NO2. The van der Waals surface area contributed by atoms with Crippen molar-refractivity contribution >= 4 is 0 Å². The number of hydrogen-bond acceptors (Lipinski definition) is 3. The van der Waals surface area contributed by atoms with Crippen molar-refractivity contribution in [1.82, 2.24) is 5.48 Å². The first-order valence-electron chi connectivity index (χ1n) is 5.06. The predicted molar refractivity (Wildman–Crippen MR) is 60.2 cm³/mol. The van der Waals surface area contributed by atoms with Gasteiger partial charge in [-0.15, -0.1) is 0 Å². The number of rotatable bonds is 2. The molecule has 15 heavy (non-hydrogen) atoms. The fraction of sp³-hybridized carbons (Fsp3) is 0.500. The standard InChI is InChI=1S/C12H19NO2/c1-8-5-9(7-13-15)11(14)10(6-8)12(2,3)4/h5-6,13-15H,7H2,1-4H3. The molecule has 0 atom stereocenters. The zero-order valence-corrected chi connectivity index (χ0v) is 9.76. The highest BCUT2D eigenvalue weighted by molar-refractivity contribution is 5.46. The Bertz CT molecular complexity index is 353. The molecule has 0 aliphatic heterocycles. The zero-order chi connectivity index (χ0) is 11.6. The van der Waals surface area contributed by atoms with Gasteiger partial charge in [0.1, 0.15) is 5.75 Å². The Labute approximate surface area is 90.7 Å². The lowest BCUT2D eigenvalue weighted by Gasteiger charge is -2.22. The second-order valence-electron chi connectivity index (χ2n) is 4.91. The summed E-state index contributed by atoms with van der Waals surface area (Å²) in [6.45, 7) is 8.40. The van der Waals surface area contributed by atoms with E-state index < -0.39 is 0 Å². The molecule has 0 radical (unpaired) electrons. The van der Waals surface area contributed by atoms with E-state index in [4.69, 9.17) is 5.21 Å². The number of benzene rings is 1. The molecule has 0 fully saturated rings. The Morgan fingerprint density at radius 1 is 1.27 bits per heavy atom. The number of aryl methyl sites for hydroxylation is 1. The molecule has 0 bridgehead atoms. The SMILES string of the molecule is Cc1cc(CNO)c(O)c(C(C)(C)C)c1. The summed E-state index contributed by atoms with van der Waals surface area (Å²) in [5.74, 6) is 0.273. The van der Waals surface area contributed by atoms with E-state index >= 15 is 0 Å². The van der Waals surface area contributed by atoms with Gasteiger partial charge in [-0.05, 0) is 17.9 Å². The highest BCUT2D eigenvalue weighted by atomic mass is 16.5. The molecule has 0 saturated carbocycles. The molecular weight excluding hydrogens is 190 g/mol. The molecule has 1 rings (SSSR count). The fourth-order valence-corrected chi connectivity index (χ4v) is 1.65. The van der Waals surface area contributed by atoms with Crippen LogP contribution in [-0.2, 0) is 12.0 Å². The van der Waals surface area contributed by atoms with E-state index in [1.807, 2.05) is 19.1 Å². The molecule has 0 heterocycles. The fourth-order valence-electron chi connectivity index (χ4n) is 1.65. The van der Waals surface area contributed by atoms with Gasteiger partial charge in [0.15, 0.2) is 0 Å². The van der Waals surface area contributed by atoms with E-state index in [1.165, 1.54) is 0 Å². The molecule has 0 aliphatic rings. The summed E-state index contributed by atoms with van der Waals surface area (Å²) >= 11 is 0. The molecule has 84 valence electrons. The van der Waals surface area contributed by atoms with Crippen LogP contribution in [0.1, 0.15) is 37.5 Å². The minimum absolute atomic E-state index is 0.0969. The number of aromatic hydroxyl groups is 1. The molecule has 0 aliphatic carbocycles. The maximum atomic E-state index is 10.0. The third-order valence-electron chi connectivity index (χ3n) is 2.41. The average molecular weight is 209 g/mol. The van der Waals surface area contributed by atoms with Gasteiger partial charge >= 0.3 is 0 Å². The lowest BCUT2D eigenvalue weighted by Crippen LogP contribution is -2.14. The molecule has 3 nitrogen and oxygen atoms in total. The van der Waals surface area contributed by atoms with Crippen LogP contribution in [0, 0.1) is 6.92 Å². The lowest BCUT2D eigenvalue weighted by atomic mass is 9.84. The van der Waals surface area contributed by atoms with Crippen LogP contribution in [0.2, 0.25) is 0 Å². The van der Waals surface area contributed by atoms with E-state index in [0.717, 1.165) is 16.7 Å². The summed E-state index contributed by atoms with van der Waals surface area (Å²) in [4.78, 5) is 0. The van der Waals surface area contributed by atoms with Crippen LogP contribution in [0.5, 0.6) is 5.75 Å². The highest BCUT2D eigenvalue weighted by Gasteiger charge is 2.20. The van der Waals surface area contributed by atoms with E-state index in [9.17, 15) is 5.11 Å². The van der Waals surface area contributed by atoms with Gasteiger partial charge in [0.25, 0.3) is 0 Å². The van der Waals surface area contributed by atoms with Crippen LogP contribution in [0.15, 0.2) is 12.1 Å². The van der Waals surface area contributed by atoms with Crippen molar-refractivity contribution in [3.05, 3.63) is 28.8 Å². The van der Waals surface area contributed by atoms with Crippen LogP contribution in [-0.4, -0.2) is 10.3 Å². The second kappa shape index (κ2) is 4.21. The first kappa shape index (κ1) is 12.0. The topological polar surface area (TPSA) is 52.5 Å². The number of phenolic OH excluding ortho intramolecular Hbond substituents is 1. The third-order valence-corrected chi connectivity index (χ3v) is 2.41. The van der Waals surface area contributed by atoms with Crippen molar-refractivity contribution in [2.75, 3.05) is 0 Å². The number of hydroxylamine groups is 1. The van der Waals surface area contributed by atoms with E-state index in [0.29, 0.717) is 0 Å². The van der Waals surface area contributed by atoms with Gasteiger partial charge in [-0.3, -0.25) is 0 Å². The van der Waals surface area contributed by atoms with Crippen molar-refractivity contribution in [2.45, 2.75) is 39.7 Å². The van der Waals surface area contributed by atoms with Gasteiger partial charge in [0.05, 0.1) is 0 Å². The van der Waals surface area contributed by atoms with Crippen molar-refractivity contribution in [1.29, 1.82) is 0 Å². The second-order valence-corrected chi connectivity index (χ2v) is 4.91. The Kier molecular flexibility index (Phi) is 3.37. The van der Waals surface area contributed by atoms with E-state index in [-0.39, 0.29) is 17.7 Å². The Morgan fingerprint density at radius 3 is 2.33 bits per heavy atom. The van der Waals surface area contributed by atoms with Crippen LogP contribution in [0.4, 0.5) is 0 Å². The molecule has 3 heteroatoms. The Balaban J connectivity index is 3.28. The molecule has 0 aromatic heterocycles. The predicted octanol–water partition coefficient (Wildman–Crippen LogP) is 2.48. The van der Waals surface area contributed by atoms with Crippen molar-refractivity contribution in [2.24, 2.45) is 0 Å². The molecule has 0 saturated heterocycles. The summed E-state index contributed by atoms with van der Waals surface area (Å²) in [5.41, 5.74) is 4.69. The Hall–Kier alpha value is -1.06. The molecule has 3 N–H and O–H groups in total. The first-order chi connectivity index (χ1) is 6.86. The quantitative estimate of drug-likeness (QED) is 0.656. The maximum absolute atomic E-state index is 10.0. The summed E-state index contributed by atoms with van der Waals surface area (Å²) in [7, 11) is 0. The van der Waals surface area contributed by atoms with Crippen molar-refractivity contribution in [3.63, 3.8) is 0 Å². The molecule has 0 spiro atoms. The van der Waals surface area contributed by atoms with Gasteiger partial charge in [0.2, 0.25) is 0 Å². The minimum atomic E-state index is -0.0969. The molecule has 1 aromatic rings. The number of nitrogens with one attached hydrogen (secondary N) is 1. The molecule has 0 amide bonds. The van der Waals surface area contributed by atoms with Crippen molar-refractivity contribution < 1.29 is 10.3 Å². The van der Waals surface area contributed by atoms with Crippen LogP contribution < -0.4 is 5.48 Å². The highest BCUT2D eigenvalue weighted by Crippen LogP contribution is 2.34. The lowest BCUT2D eigenvalue weighted by molar-refractivity contribution is 0.160. The number of phenols is 1. The summed E-state index contributed by atoms with van der Waals surface area (Å²) in [6.07, 6.45) is 0. The van der Waals surface area contributed by atoms with Crippen LogP contribution in [0.3, 0.4) is 0 Å². The average Bonchev–Trinajstić information content (AvgIpc) is 2.09. The van der Waals surface area contributed by atoms with E-state index in [1.54, 1.807) is 0 Å². The Morgan fingerprint density at radius 2 is 1.87 bits per heavy atom. The maximum Gasteiger partial charge on any atom is 0.123 e. The zero-order valence-electron chi connectivity index (χ0n) is 9.76.